The Morgan fingerprint density at radius 3 is 2.09 bits per heavy atom. The summed E-state index contributed by atoms with van der Waals surface area (Å²) in [6.07, 6.45) is 18.4. The molecule has 0 N–H and O–H groups in total. The van der Waals surface area contributed by atoms with E-state index in [1.54, 1.807) is 0 Å². The van der Waals surface area contributed by atoms with Gasteiger partial charge < -0.3 is 4.74 Å². The van der Waals surface area contributed by atoms with Gasteiger partial charge in [0.05, 0.1) is 6.10 Å². The Morgan fingerprint density at radius 2 is 1.48 bits per heavy atom. The van der Waals surface area contributed by atoms with E-state index in [0.29, 0.717) is 23.7 Å². The first-order valence-electron chi connectivity index (χ1n) is 13.8. The zero-order valence-electron chi connectivity index (χ0n) is 20.7. The second-order valence-corrected chi connectivity index (χ2v) is 11.2. The van der Waals surface area contributed by atoms with Crippen molar-refractivity contribution in [1.29, 1.82) is 0 Å². The molecule has 1 aromatic rings. The lowest BCUT2D eigenvalue weighted by Crippen LogP contribution is -2.30. The van der Waals surface area contributed by atoms with Crippen molar-refractivity contribution in [3.05, 3.63) is 47.5 Å². The van der Waals surface area contributed by atoms with E-state index in [0.717, 1.165) is 62.4 Å². The molecule has 3 aliphatic carbocycles. The topological polar surface area (TPSA) is 9.23 Å². The number of aryl methyl sites for hydroxylation is 1. The van der Waals surface area contributed by atoms with E-state index in [1.807, 2.05) is 19.1 Å². The van der Waals surface area contributed by atoms with Crippen molar-refractivity contribution < 1.29 is 13.5 Å². The molecule has 0 unspecified atom stereocenters. The van der Waals surface area contributed by atoms with E-state index in [9.17, 15) is 8.78 Å². The molecule has 0 bridgehead atoms. The van der Waals surface area contributed by atoms with Crippen LogP contribution in [-0.2, 0) is 11.2 Å². The molecule has 0 atom stereocenters. The molecule has 3 aliphatic rings. The van der Waals surface area contributed by atoms with Crippen LogP contribution in [-0.4, -0.2) is 12.7 Å². The van der Waals surface area contributed by atoms with Gasteiger partial charge in [-0.15, -0.1) is 6.58 Å². The van der Waals surface area contributed by atoms with Crippen molar-refractivity contribution in [1.82, 2.24) is 0 Å². The van der Waals surface area contributed by atoms with Crippen LogP contribution >= 0.6 is 0 Å². The molecule has 0 amide bonds. The maximum atomic E-state index is 14.7. The standard InChI is InChI=1S/C30H44F2O/c1-3-5-26-16-19-28(30(32)29(26)31)25-12-10-23(11-13-25)24-14-17-27(18-15-24)33-20-22-8-6-21(4-2)7-9-22/h4,16,19,21-25,27H,2-3,5-15,17-18,20H2,1H3. The lowest BCUT2D eigenvalue weighted by Gasteiger charge is -2.38. The SMILES string of the molecule is C=CC1CCC(COC2CCC(C3CCC(c4ccc(CCC)c(F)c4F)CC3)CC2)CC1. The molecule has 184 valence electrons. The molecule has 3 heteroatoms. The highest BCUT2D eigenvalue weighted by Gasteiger charge is 2.33. The number of halogens is 2. The average molecular weight is 459 g/mol. The Kier molecular flexibility index (Phi) is 9.02. The summed E-state index contributed by atoms with van der Waals surface area (Å²) in [4.78, 5) is 0. The van der Waals surface area contributed by atoms with Crippen LogP contribution in [0.1, 0.15) is 107 Å². The predicted molar refractivity (Wildman–Crippen MR) is 132 cm³/mol. The van der Waals surface area contributed by atoms with Crippen LogP contribution in [0.4, 0.5) is 8.78 Å². The zero-order chi connectivity index (χ0) is 23.2. The summed E-state index contributed by atoms with van der Waals surface area (Å²) in [5.41, 5.74) is 1.14. The Labute approximate surface area is 200 Å². The van der Waals surface area contributed by atoms with Crippen LogP contribution in [0.3, 0.4) is 0 Å². The average Bonchev–Trinajstić information content (AvgIpc) is 2.87. The Hall–Kier alpha value is -1.22. The minimum atomic E-state index is -0.608. The molecule has 0 aliphatic heterocycles. The molecule has 33 heavy (non-hydrogen) atoms. The van der Waals surface area contributed by atoms with Gasteiger partial charge in [-0.05, 0) is 124 Å². The van der Waals surface area contributed by atoms with Gasteiger partial charge in [0.2, 0.25) is 0 Å². The molecule has 3 saturated carbocycles. The highest BCUT2D eigenvalue weighted by molar-refractivity contribution is 5.29. The molecule has 3 fully saturated rings. The number of allylic oxidation sites excluding steroid dienone is 1. The Bertz CT molecular complexity index is 751. The highest BCUT2D eigenvalue weighted by Crippen LogP contribution is 2.44. The second kappa shape index (κ2) is 12.0. The molecule has 4 rings (SSSR count). The molecular weight excluding hydrogens is 414 g/mol. The van der Waals surface area contributed by atoms with E-state index in [2.05, 4.69) is 12.7 Å². The third-order valence-electron chi connectivity index (χ3n) is 9.10. The molecule has 0 heterocycles. The summed E-state index contributed by atoms with van der Waals surface area (Å²) in [5.74, 6) is 2.01. The van der Waals surface area contributed by atoms with Crippen molar-refractivity contribution in [2.45, 2.75) is 109 Å². The largest absolute Gasteiger partial charge is 0.378 e. The monoisotopic (exact) mass is 458 g/mol. The van der Waals surface area contributed by atoms with Crippen molar-refractivity contribution in [2.75, 3.05) is 6.61 Å². The van der Waals surface area contributed by atoms with Crippen LogP contribution in [0, 0.1) is 35.3 Å². The first-order chi connectivity index (χ1) is 16.1. The fourth-order valence-electron chi connectivity index (χ4n) is 6.87. The fraction of sp³-hybridized carbons (Fsp3) is 0.733. The van der Waals surface area contributed by atoms with Gasteiger partial charge in [0.25, 0.3) is 0 Å². The lowest BCUT2D eigenvalue weighted by molar-refractivity contribution is -0.0154. The third-order valence-corrected chi connectivity index (χ3v) is 9.10. The van der Waals surface area contributed by atoms with Crippen molar-refractivity contribution >= 4 is 0 Å². The van der Waals surface area contributed by atoms with E-state index in [1.165, 1.54) is 51.4 Å². The van der Waals surface area contributed by atoms with Crippen molar-refractivity contribution in [3.63, 3.8) is 0 Å². The van der Waals surface area contributed by atoms with Gasteiger partial charge >= 0.3 is 0 Å². The first kappa shape index (κ1) is 24.9. The molecule has 0 saturated heterocycles. The van der Waals surface area contributed by atoms with Gasteiger partial charge in [-0.1, -0.05) is 31.6 Å². The number of hydrogen-bond acceptors (Lipinski definition) is 1. The van der Waals surface area contributed by atoms with Gasteiger partial charge in [0.1, 0.15) is 0 Å². The van der Waals surface area contributed by atoms with Crippen LogP contribution in [0.25, 0.3) is 0 Å². The van der Waals surface area contributed by atoms with E-state index < -0.39 is 11.6 Å². The number of hydrogen-bond donors (Lipinski definition) is 0. The van der Waals surface area contributed by atoms with Crippen LogP contribution in [0.15, 0.2) is 24.8 Å². The Morgan fingerprint density at radius 1 is 0.848 bits per heavy atom. The minimum absolute atomic E-state index is 0.183. The minimum Gasteiger partial charge on any atom is -0.378 e. The predicted octanol–water partition coefficient (Wildman–Crippen LogP) is 8.76. The Balaban J connectivity index is 1.18. The molecule has 0 spiro atoms. The maximum Gasteiger partial charge on any atom is 0.162 e. The first-order valence-corrected chi connectivity index (χ1v) is 13.8. The summed E-state index contributed by atoms with van der Waals surface area (Å²) >= 11 is 0. The summed E-state index contributed by atoms with van der Waals surface area (Å²) in [7, 11) is 0. The molecule has 0 aromatic heterocycles. The summed E-state index contributed by atoms with van der Waals surface area (Å²) < 4.78 is 35.5. The van der Waals surface area contributed by atoms with Gasteiger partial charge in [-0.25, -0.2) is 8.78 Å². The van der Waals surface area contributed by atoms with Crippen LogP contribution in [0.2, 0.25) is 0 Å². The third kappa shape index (κ3) is 6.27. The number of benzene rings is 1. The lowest BCUT2D eigenvalue weighted by atomic mass is 9.69. The van der Waals surface area contributed by atoms with E-state index in [-0.39, 0.29) is 5.92 Å². The van der Waals surface area contributed by atoms with E-state index in [4.69, 9.17) is 4.74 Å². The number of rotatable bonds is 8. The molecular formula is C30H44F2O. The van der Waals surface area contributed by atoms with Crippen LogP contribution < -0.4 is 0 Å². The molecule has 1 aromatic carbocycles. The van der Waals surface area contributed by atoms with Crippen molar-refractivity contribution in [3.8, 4) is 0 Å². The highest BCUT2D eigenvalue weighted by atomic mass is 19.2. The summed E-state index contributed by atoms with van der Waals surface area (Å²) in [5, 5.41) is 0. The molecule has 1 nitrogen and oxygen atoms in total. The summed E-state index contributed by atoms with van der Waals surface area (Å²) in [6, 6.07) is 3.68. The second-order valence-electron chi connectivity index (χ2n) is 11.2. The fourth-order valence-corrected chi connectivity index (χ4v) is 6.87. The van der Waals surface area contributed by atoms with Crippen molar-refractivity contribution in [2.24, 2.45) is 23.7 Å². The van der Waals surface area contributed by atoms with Gasteiger partial charge in [0.15, 0.2) is 11.6 Å². The quantitative estimate of drug-likeness (QED) is 0.354. The number of ether oxygens (including phenoxy) is 1. The van der Waals surface area contributed by atoms with Crippen LogP contribution in [0.5, 0.6) is 0 Å². The zero-order valence-corrected chi connectivity index (χ0v) is 20.7. The summed E-state index contributed by atoms with van der Waals surface area (Å²) in [6.45, 7) is 6.90. The van der Waals surface area contributed by atoms with Gasteiger partial charge in [-0.3, -0.25) is 0 Å². The van der Waals surface area contributed by atoms with Gasteiger partial charge in [-0.2, -0.15) is 0 Å². The van der Waals surface area contributed by atoms with Gasteiger partial charge in [0, 0.05) is 6.61 Å². The van der Waals surface area contributed by atoms with E-state index >= 15 is 0 Å². The molecule has 0 radical (unpaired) electrons. The normalized spacial score (nSPS) is 33.1. The smallest absolute Gasteiger partial charge is 0.162 e. The maximum absolute atomic E-state index is 14.7.